The second-order valence-electron chi connectivity index (χ2n) is 6.62. The summed E-state index contributed by atoms with van der Waals surface area (Å²) >= 11 is 0. The predicted octanol–water partition coefficient (Wildman–Crippen LogP) is 1.95. The van der Waals surface area contributed by atoms with Crippen LogP contribution in [0.5, 0.6) is 0 Å². The lowest BCUT2D eigenvalue weighted by atomic mass is 10.0. The van der Waals surface area contributed by atoms with Gasteiger partial charge in [-0.05, 0) is 19.3 Å². The highest BCUT2D eigenvalue weighted by Gasteiger charge is 2.30. The molecule has 1 saturated heterocycles. The number of carbonyl (C=O) groups excluding carboxylic acids is 1. The Morgan fingerprint density at radius 3 is 2.96 bits per heavy atom. The summed E-state index contributed by atoms with van der Waals surface area (Å²) in [5.74, 6) is 1.43. The maximum atomic E-state index is 12.7. The zero-order valence-electron chi connectivity index (χ0n) is 13.7. The van der Waals surface area contributed by atoms with Crippen LogP contribution in [0.3, 0.4) is 0 Å². The van der Waals surface area contributed by atoms with Gasteiger partial charge in [-0.1, -0.05) is 25.7 Å². The second kappa shape index (κ2) is 7.25. The predicted molar refractivity (Wildman–Crippen MR) is 86.1 cm³/mol. The number of hydrogen-bond donors (Lipinski definition) is 1. The van der Waals surface area contributed by atoms with E-state index in [1.807, 2.05) is 4.90 Å². The Kier molecular flexibility index (Phi) is 5.10. The maximum absolute atomic E-state index is 12.7. The monoisotopic (exact) mass is 319 g/mol. The van der Waals surface area contributed by atoms with Crippen molar-refractivity contribution in [3.63, 3.8) is 0 Å². The van der Waals surface area contributed by atoms with E-state index in [4.69, 9.17) is 4.74 Å². The lowest BCUT2D eigenvalue weighted by Crippen LogP contribution is -2.44. The number of H-pyrrole nitrogens is 1. The number of amides is 1. The molecule has 1 aromatic heterocycles. The summed E-state index contributed by atoms with van der Waals surface area (Å²) < 4.78 is 5.53. The first-order valence-electron chi connectivity index (χ1n) is 8.58. The normalized spacial score (nSPS) is 22.5. The van der Waals surface area contributed by atoms with Crippen molar-refractivity contribution in [1.82, 2.24) is 14.9 Å². The third-order valence-electron chi connectivity index (χ3n) is 4.91. The van der Waals surface area contributed by atoms with Crippen LogP contribution in [0.2, 0.25) is 0 Å². The molecule has 1 aromatic rings. The highest BCUT2D eigenvalue weighted by molar-refractivity contribution is 5.76. The van der Waals surface area contributed by atoms with Crippen molar-refractivity contribution in [2.45, 2.75) is 51.5 Å². The van der Waals surface area contributed by atoms with Crippen LogP contribution >= 0.6 is 0 Å². The van der Waals surface area contributed by atoms with Gasteiger partial charge in [0.1, 0.15) is 5.82 Å². The van der Waals surface area contributed by atoms with Crippen LogP contribution in [0.15, 0.2) is 10.9 Å². The number of aromatic nitrogens is 2. The summed E-state index contributed by atoms with van der Waals surface area (Å²) in [4.78, 5) is 33.2. The van der Waals surface area contributed by atoms with Crippen molar-refractivity contribution in [3.05, 3.63) is 27.9 Å². The lowest BCUT2D eigenvalue weighted by Gasteiger charge is -2.35. The molecule has 6 nitrogen and oxygen atoms in total. The average molecular weight is 319 g/mol. The first-order valence-corrected chi connectivity index (χ1v) is 8.58. The molecule has 0 spiro atoms. The van der Waals surface area contributed by atoms with Crippen molar-refractivity contribution >= 4 is 5.91 Å². The first-order chi connectivity index (χ1) is 11.1. The topological polar surface area (TPSA) is 75.3 Å². The minimum absolute atomic E-state index is 0.157. The summed E-state index contributed by atoms with van der Waals surface area (Å²) in [6, 6.07) is 1.23. The van der Waals surface area contributed by atoms with E-state index in [9.17, 15) is 9.59 Å². The van der Waals surface area contributed by atoms with Crippen LogP contribution in [-0.4, -0.2) is 40.5 Å². The van der Waals surface area contributed by atoms with Crippen molar-refractivity contribution in [3.8, 4) is 0 Å². The van der Waals surface area contributed by atoms with Gasteiger partial charge in [-0.2, -0.15) is 0 Å². The molecule has 1 unspecified atom stereocenters. The number of aromatic amines is 1. The van der Waals surface area contributed by atoms with E-state index in [1.54, 1.807) is 6.92 Å². The minimum Gasteiger partial charge on any atom is -0.377 e. The standard InChI is InChI=1S/C17H25N3O3/c1-12-18-14(10-16(21)19-12)15-11-23-9-8-20(15)17(22)7-6-13-4-2-3-5-13/h10,13,15H,2-9,11H2,1H3,(H,18,19,21). The van der Waals surface area contributed by atoms with Crippen LogP contribution in [-0.2, 0) is 9.53 Å². The zero-order chi connectivity index (χ0) is 16.2. The van der Waals surface area contributed by atoms with Gasteiger partial charge >= 0.3 is 0 Å². The minimum atomic E-state index is -0.249. The molecule has 3 rings (SSSR count). The molecule has 126 valence electrons. The van der Waals surface area contributed by atoms with E-state index in [0.717, 1.165) is 6.42 Å². The fourth-order valence-electron chi connectivity index (χ4n) is 3.69. The van der Waals surface area contributed by atoms with E-state index in [-0.39, 0.29) is 17.5 Å². The molecule has 2 heterocycles. The summed E-state index contributed by atoms with van der Waals surface area (Å²) in [6.07, 6.45) is 6.68. The van der Waals surface area contributed by atoms with Gasteiger partial charge in [0, 0.05) is 19.0 Å². The molecule has 2 fully saturated rings. The van der Waals surface area contributed by atoms with Gasteiger partial charge < -0.3 is 14.6 Å². The fraction of sp³-hybridized carbons (Fsp3) is 0.706. The molecule has 23 heavy (non-hydrogen) atoms. The molecule has 1 amide bonds. The molecule has 2 aliphatic rings. The van der Waals surface area contributed by atoms with E-state index in [0.29, 0.717) is 43.6 Å². The molecule has 1 atom stereocenters. The molecular weight excluding hydrogens is 294 g/mol. The van der Waals surface area contributed by atoms with E-state index in [2.05, 4.69) is 9.97 Å². The Morgan fingerprint density at radius 2 is 2.22 bits per heavy atom. The molecule has 0 aromatic carbocycles. The summed E-state index contributed by atoms with van der Waals surface area (Å²) in [6.45, 7) is 3.28. The smallest absolute Gasteiger partial charge is 0.251 e. The van der Waals surface area contributed by atoms with Gasteiger partial charge in [0.15, 0.2) is 0 Å². The molecule has 0 radical (unpaired) electrons. The van der Waals surface area contributed by atoms with E-state index < -0.39 is 0 Å². The highest BCUT2D eigenvalue weighted by atomic mass is 16.5. The second-order valence-corrected chi connectivity index (χ2v) is 6.62. The number of ether oxygens (including phenoxy) is 1. The first kappa shape index (κ1) is 16.2. The van der Waals surface area contributed by atoms with Crippen molar-refractivity contribution < 1.29 is 9.53 Å². The third-order valence-corrected chi connectivity index (χ3v) is 4.91. The molecular formula is C17H25N3O3. The van der Waals surface area contributed by atoms with Crippen LogP contribution in [0.4, 0.5) is 0 Å². The number of rotatable bonds is 4. The third kappa shape index (κ3) is 3.99. The Labute approximate surface area is 136 Å². The Hall–Kier alpha value is -1.69. The number of aryl methyl sites for hydroxylation is 1. The fourth-order valence-corrected chi connectivity index (χ4v) is 3.69. The van der Waals surface area contributed by atoms with Crippen LogP contribution in [0.25, 0.3) is 0 Å². The number of carbonyl (C=O) groups is 1. The van der Waals surface area contributed by atoms with Gasteiger partial charge in [-0.3, -0.25) is 9.59 Å². The van der Waals surface area contributed by atoms with Gasteiger partial charge in [-0.15, -0.1) is 0 Å². The number of hydrogen-bond acceptors (Lipinski definition) is 4. The van der Waals surface area contributed by atoms with E-state index >= 15 is 0 Å². The Morgan fingerprint density at radius 1 is 1.43 bits per heavy atom. The van der Waals surface area contributed by atoms with E-state index in [1.165, 1.54) is 31.7 Å². The molecule has 1 aliphatic carbocycles. The quantitative estimate of drug-likeness (QED) is 0.920. The van der Waals surface area contributed by atoms with Crippen molar-refractivity contribution in [2.24, 2.45) is 5.92 Å². The molecule has 0 bridgehead atoms. The van der Waals surface area contributed by atoms with Gasteiger partial charge in [0.05, 0.1) is 24.9 Å². The number of nitrogens with zero attached hydrogens (tertiary/aromatic N) is 2. The summed E-state index contributed by atoms with van der Waals surface area (Å²) in [7, 11) is 0. The maximum Gasteiger partial charge on any atom is 0.251 e. The van der Waals surface area contributed by atoms with Crippen molar-refractivity contribution in [1.29, 1.82) is 0 Å². The summed E-state index contributed by atoms with van der Waals surface area (Å²) in [5, 5.41) is 0. The highest BCUT2D eigenvalue weighted by Crippen LogP contribution is 2.30. The average Bonchev–Trinajstić information content (AvgIpc) is 3.05. The Balaban J connectivity index is 1.69. The number of morpholine rings is 1. The molecule has 1 aliphatic heterocycles. The van der Waals surface area contributed by atoms with Crippen LogP contribution < -0.4 is 5.56 Å². The van der Waals surface area contributed by atoms with Crippen LogP contribution in [0.1, 0.15) is 56.1 Å². The Bertz CT molecular complexity index is 607. The van der Waals surface area contributed by atoms with Crippen molar-refractivity contribution in [2.75, 3.05) is 19.8 Å². The molecule has 6 heteroatoms. The number of nitrogens with one attached hydrogen (secondary N) is 1. The largest absolute Gasteiger partial charge is 0.377 e. The molecule has 1 N–H and O–H groups in total. The molecule has 1 saturated carbocycles. The summed E-state index contributed by atoms with van der Waals surface area (Å²) in [5.41, 5.74) is 0.441. The van der Waals surface area contributed by atoms with Gasteiger partial charge in [0.2, 0.25) is 5.91 Å². The SMILES string of the molecule is Cc1nc(C2COCCN2C(=O)CCC2CCCC2)cc(=O)[nH]1. The van der Waals surface area contributed by atoms with Gasteiger partial charge in [-0.25, -0.2) is 4.98 Å². The van der Waals surface area contributed by atoms with Gasteiger partial charge in [0.25, 0.3) is 5.56 Å². The van der Waals surface area contributed by atoms with Crippen LogP contribution in [0, 0.1) is 12.8 Å². The zero-order valence-corrected chi connectivity index (χ0v) is 13.7. The lowest BCUT2D eigenvalue weighted by molar-refractivity contribution is -0.140.